The minimum absolute atomic E-state index is 0.0510. The third-order valence-electron chi connectivity index (χ3n) is 2.58. The Balaban J connectivity index is 2.72. The van der Waals surface area contributed by atoms with Crippen LogP contribution >= 0.6 is 11.3 Å². The molecule has 0 aliphatic carbocycles. The first-order chi connectivity index (χ1) is 7.97. The predicted octanol–water partition coefficient (Wildman–Crippen LogP) is 1.66. The Morgan fingerprint density at radius 1 is 1.41 bits per heavy atom. The van der Waals surface area contributed by atoms with Gasteiger partial charge in [-0.2, -0.15) is 0 Å². The van der Waals surface area contributed by atoms with Gasteiger partial charge < -0.3 is 15.0 Å². The normalized spacial score (nSPS) is 10.7. The number of rotatable bonds is 5. The summed E-state index contributed by atoms with van der Waals surface area (Å²) < 4.78 is 5.28. The number of nitrogens with zero attached hydrogens (tertiary/aromatic N) is 1. The maximum atomic E-state index is 12.0. The molecule has 96 valence electrons. The van der Waals surface area contributed by atoms with Gasteiger partial charge >= 0.3 is 0 Å². The second-order valence-corrected chi connectivity index (χ2v) is 5.43. The van der Waals surface area contributed by atoms with Gasteiger partial charge in [-0.25, -0.2) is 0 Å². The molecule has 4 nitrogen and oxygen atoms in total. The first-order valence-corrected chi connectivity index (χ1v) is 6.36. The highest BCUT2D eigenvalue weighted by atomic mass is 32.1. The van der Waals surface area contributed by atoms with Gasteiger partial charge in [0.15, 0.2) is 0 Å². The fraction of sp³-hybridized carbons (Fsp3) is 0.583. The lowest BCUT2D eigenvalue weighted by Crippen LogP contribution is -2.31. The van der Waals surface area contributed by atoms with Crippen LogP contribution in [-0.4, -0.2) is 45.1 Å². The van der Waals surface area contributed by atoms with Crippen LogP contribution in [0.15, 0.2) is 0 Å². The molecule has 1 heterocycles. The molecule has 1 N–H and O–H groups in total. The van der Waals surface area contributed by atoms with Crippen LogP contribution in [0.2, 0.25) is 0 Å². The van der Waals surface area contributed by atoms with E-state index in [0.717, 1.165) is 17.0 Å². The number of carbonyl (C=O) groups is 1. The maximum Gasteiger partial charge on any atom is 0.265 e. The summed E-state index contributed by atoms with van der Waals surface area (Å²) in [6.45, 7) is 5.45. The second-order valence-electron chi connectivity index (χ2n) is 4.20. The molecule has 0 atom stereocenters. The first-order valence-electron chi connectivity index (χ1n) is 5.54. The van der Waals surface area contributed by atoms with Crippen LogP contribution in [0.1, 0.15) is 20.1 Å². The number of amides is 1. The molecule has 0 unspecified atom stereocenters. The van der Waals surface area contributed by atoms with Gasteiger partial charge in [0.2, 0.25) is 0 Å². The topological polar surface area (TPSA) is 41.6 Å². The van der Waals surface area contributed by atoms with E-state index in [4.69, 9.17) is 4.74 Å². The number of methoxy groups -OCH3 is 1. The van der Waals surface area contributed by atoms with Crippen molar-refractivity contribution in [3.8, 4) is 5.75 Å². The van der Waals surface area contributed by atoms with E-state index in [0.29, 0.717) is 17.2 Å². The highest BCUT2D eigenvalue weighted by Crippen LogP contribution is 2.33. The smallest absolute Gasteiger partial charge is 0.265 e. The van der Waals surface area contributed by atoms with Crippen LogP contribution in [0.3, 0.4) is 0 Å². The van der Waals surface area contributed by atoms with Crippen LogP contribution in [0.4, 0.5) is 0 Å². The van der Waals surface area contributed by atoms with Crippen LogP contribution < -0.4 is 10.1 Å². The Kier molecular flexibility index (Phi) is 4.96. The summed E-state index contributed by atoms with van der Waals surface area (Å²) in [6.07, 6.45) is 0. The van der Waals surface area contributed by atoms with Crippen molar-refractivity contribution in [2.75, 3.05) is 34.3 Å². The van der Waals surface area contributed by atoms with Gasteiger partial charge in [0.25, 0.3) is 5.91 Å². The summed E-state index contributed by atoms with van der Waals surface area (Å²) in [7, 11) is 5.56. The molecule has 1 rings (SSSR count). The van der Waals surface area contributed by atoms with Gasteiger partial charge in [0.1, 0.15) is 10.6 Å². The summed E-state index contributed by atoms with van der Waals surface area (Å²) in [6, 6.07) is 0. The average Bonchev–Trinajstić information content (AvgIpc) is 2.54. The molecule has 1 aromatic rings. The third-order valence-corrected chi connectivity index (χ3v) is 3.77. The van der Waals surface area contributed by atoms with Crippen molar-refractivity contribution in [3.05, 3.63) is 15.3 Å². The fourth-order valence-corrected chi connectivity index (χ4v) is 2.52. The van der Waals surface area contributed by atoms with E-state index in [9.17, 15) is 4.79 Å². The fourth-order valence-electron chi connectivity index (χ4n) is 1.47. The van der Waals surface area contributed by atoms with Crippen LogP contribution in [0.25, 0.3) is 0 Å². The molecule has 1 amide bonds. The molecule has 5 heteroatoms. The quantitative estimate of drug-likeness (QED) is 0.871. The van der Waals surface area contributed by atoms with Gasteiger partial charge in [-0.1, -0.05) is 0 Å². The Morgan fingerprint density at radius 2 is 2.06 bits per heavy atom. The first kappa shape index (κ1) is 14.0. The largest absolute Gasteiger partial charge is 0.495 e. The zero-order valence-electron chi connectivity index (χ0n) is 11.1. The number of aryl methyl sites for hydroxylation is 1. The average molecular weight is 256 g/mol. The number of nitrogens with one attached hydrogen (secondary N) is 1. The summed E-state index contributed by atoms with van der Waals surface area (Å²) in [5.74, 6) is 0.653. The van der Waals surface area contributed by atoms with E-state index >= 15 is 0 Å². The number of hydrogen-bond donors (Lipinski definition) is 1. The van der Waals surface area contributed by atoms with E-state index in [1.807, 2.05) is 32.8 Å². The van der Waals surface area contributed by atoms with Crippen molar-refractivity contribution in [1.29, 1.82) is 0 Å². The molecular weight excluding hydrogens is 236 g/mol. The molecule has 0 aliphatic rings. The van der Waals surface area contributed by atoms with E-state index in [-0.39, 0.29) is 5.91 Å². The molecule has 1 aromatic heterocycles. The van der Waals surface area contributed by atoms with Gasteiger partial charge in [0.05, 0.1) is 7.11 Å². The molecule has 0 bridgehead atoms. The summed E-state index contributed by atoms with van der Waals surface area (Å²) in [5, 5.41) is 2.90. The third kappa shape index (κ3) is 3.44. The monoisotopic (exact) mass is 256 g/mol. The molecule has 0 aliphatic heterocycles. The van der Waals surface area contributed by atoms with Crippen LogP contribution in [0, 0.1) is 13.8 Å². The van der Waals surface area contributed by atoms with Crippen molar-refractivity contribution in [1.82, 2.24) is 10.2 Å². The van der Waals surface area contributed by atoms with Crippen molar-refractivity contribution >= 4 is 17.2 Å². The predicted molar refractivity (Wildman–Crippen MR) is 71.2 cm³/mol. The van der Waals surface area contributed by atoms with Crippen LogP contribution in [0.5, 0.6) is 5.75 Å². The number of likely N-dealkylation sites (N-methyl/N-ethyl adjacent to an activating group) is 1. The molecule has 0 saturated carbocycles. The molecular formula is C12H20N2O2S. The highest BCUT2D eigenvalue weighted by molar-refractivity contribution is 7.14. The SMILES string of the molecule is COc1c(C(=O)NCCN(C)C)sc(C)c1C. The number of carbonyl (C=O) groups excluding carboxylic acids is 1. The van der Waals surface area contributed by atoms with Crippen molar-refractivity contribution in [2.45, 2.75) is 13.8 Å². The van der Waals surface area contributed by atoms with Gasteiger partial charge in [-0.05, 0) is 27.9 Å². The molecule has 0 spiro atoms. The number of thiophene rings is 1. The Bertz CT molecular complexity index is 399. The zero-order valence-corrected chi connectivity index (χ0v) is 11.9. The number of ether oxygens (including phenoxy) is 1. The standard InChI is InChI=1S/C12H20N2O2S/c1-8-9(2)17-11(10(8)16-5)12(15)13-6-7-14(3)4/h6-7H2,1-5H3,(H,13,15). The van der Waals surface area contributed by atoms with E-state index < -0.39 is 0 Å². The molecule has 17 heavy (non-hydrogen) atoms. The summed E-state index contributed by atoms with van der Waals surface area (Å²) in [4.78, 5) is 15.8. The van der Waals surface area contributed by atoms with Crippen molar-refractivity contribution < 1.29 is 9.53 Å². The molecule has 0 saturated heterocycles. The molecule has 0 fully saturated rings. The minimum Gasteiger partial charge on any atom is -0.495 e. The molecule has 0 aromatic carbocycles. The van der Waals surface area contributed by atoms with Gasteiger partial charge in [0, 0.05) is 23.5 Å². The Morgan fingerprint density at radius 3 is 2.59 bits per heavy atom. The van der Waals surface area contributed by atoms with E-state index in [2.05, 4.69) is 5.32 Å². The van der Waals surface area contributed by atoms with Gasteiger partial charge in [-0.3, -0.25) is 4.79 Å². The lowest BCUT2D eigenvalue weighted by Gasteiger charge is -2.10. The Labute approximate surface area is 107 Å². The number of hydrogen-bond acceptors (Lipinski definition) is 4. The Hall–Kier alpha value is -1.07. The van der Waals surface area contributed by atoms with E-state index in [1.54, 1.807) is 7.11 Å². The van der Waals surface area contributed by atoms with Crippen molar-refractivity contribution in [2.24, 2.45) is 0 Å². The second kappa shape index (κ2) is 6.02. The zero-order chi connectivity index (χ0) is 13.0. The van der Waals surface area contributed by atoms with E-state index in [1.165, 1.54) is 11.3 Å². The molecule has 0 radical (unpaired) electrons. The van der Waals surface area contributed by atoms with Crippen molar-refractivity contribution in [3.63, 3.8) is 0 Å². The van der Waals surface area contributed by atoms with Gasteiger partial charge in [-0.15, -0.1) is 11.3 Å². The lowest BCUT2D eigenvalue weighted by atomic mass is 10.2. The maximum absolute atomic E-state index is 12.0. The highest BCUT2D eigenvalue weighted by Gasteiger charge is 2.19. The summed E-state index contributed by atoms with van der Waals surface area (Å²) in [5.41, 5.74) is 1.05. The summed E-state index contributed by atoms with van der Waals surface area (Å²) >= 11 is 1.48. The van der Waals surface area contributed by atoms with Crippen LogP contribution in [-0.2, 0) is 0 Å². The minimum atomic E-state index is -0.0510. The lowest BCUT2D eigenvalue weighted by molar-refractivity contribution is 0.0952.